The summed E-state index contributed by atoms with van der Waals surface area (Å²) in [5.41, 5.74) is 2.04. The molecule has 0 unspecified atom stereocenters. The van der Waals surface area contributed by atoms with Crippen LogP contribution in [0.1, 0.15) is 30.9 Å². The lowest BCUT2D eigenvalue weighted by Crippen LogP contribution is -1.91. The van der Waals surface area contributed by atoms with Gasteiger partial charge in [-0.25, -0.2) is 0 Å². The lowest BCUT2D eigenvalue weighted by Gasteiger charge is -2.11. The Morgan fingerprint density at radius 3 is 2.42 bits per heavy atom. The molecule has 1 aromatic rings. The summed E-state index contributed by atoms with van der Waals surface area (Å²) in [6.07, 6.45) is 0. The fourth-order valence-corrected chi connectivity index (χ4v) is 1.51. The van der Waals surface area contributed by atoms with Gasteiger partial charge in [0.2, 0.25) is 0 Å². The molecule has 0 aliphatic rings. The van der Waals surface area contributed by atoms with E-state index >= 15 is 0 Å². The Balaban J connectivity index is 3.27. The zero-order valence-electron chi connectivity index (χ0n) is 7.56. The largest absolute Gasteiger partial charge is 0.506 e. The molecule has 0 saturated heterocycles. The monoisotopic (exact) mass is 184 g/mol. The van der Waals surface area contributed by atoms with E-state index in [1.807, 2.05) is 13.0 Å². The average Bonchev–Trinajstić information content (AvgIpc) is 2.00. The van der Waals surface area contributed by atoms with Crippen LogP contribution in [0, 0.1) is 6.92 Å². The predicted molar refractivity (Wildman–Crippen MR) is 51.9 cm³/mol. The highest BCUT2D eigenvalue weighted by atomic mass is 35.5. The highest BCUT2D eigenvalue weighted by Gasteiger charge is 2.09. The molecule has 1 rings (SSSR count). The van der Waals surface area contributed by atoms with Crippen LogP contribution in [0.2, 0.25) is 5.02 Å². The molecule has 0 amide bonds. The van der Waals surface area contributed by atoms with Crippen LogP contribution in [0.5, 0.6) is 5.75 Å². The van der Waals surface area contributed by atoms with Gasteiger partial charge in [0.05, 0.1) is 5.02 Å². The first kappa shape index (κ1) is 9.40. The maximum Gasteiger partial charge on any atom is 0.137 e. The molecule has 1 nitrogen and oxygen atoms in total. The second kappa shape index (κ2) is 3.36. The molecule has 0 atom stereocenters. The van der Waals surface area contributed by atoms with Gasteiger partial charge in [-0.1, -0.05) is 31.5 Å². The van der Waals surface area contributed by atoms with Gasteiger partial charge in [-0.15, -0.1) is 0 Å². The van der Waals surface area contributed by atoms with Crippen molar-refractivity contribution in [3.63, 3.8) is 0 Å². The molecule has 0 aliphatic heterocycles. The van der Waals surface area contributed by atoms with Gasteiger partial charge in [-0.2, -0.15) is 0 Å². The Bertz CT molecular complexity index is 292. The van der Waals surface area contributed by atoms with Crippen molar-refractivity contribution in [2.45, 2.75) is 26.7 Å². The van der Waals surface area contributed by atoms with Gasteiger partial charge >= 0.3 is 0 Å². The second-order valence-electron chi connectivity index (χ2n) is 3.26. The molecule has 0 fully saturated rings. The van der Waals surface area contributed by atoms with Crippen LogP contribution in [0.4, 0.5) is 0 Å². The smallest absolute Gasteiger partial charge is 0.137 e. The topological polar surface area (TPSA) is 20.2 Å². The van der Waals surface area contributed by atoms with Crippen LogP contribution >= 0.6 is 11.6 Å². The molecule has 0 heterocycles. The summed E-state index contributed by atoms with van der Waals surface area (Å²) in [6.45, 7) is 6.07. The minimum atomic E-state index is 0.211. The molecule has 1 N–H and O–H groups in total. The summed E-state index contributed by atoms with van der Waals surface area (Å²) in [5, 5.41) is 9.93. The van der Waals surface area contributed by atoms with E-state index in [0.717, 1.165) is 11.1 Å². The number of halogens is 1. The van der Waals surface area contributed by atoms with Crippen molar-refractivity contribution in [1.29, 1.82) is 0 Å². The maximum atomic E-state index is 9.50. The van der Waals surface area contributed by atoms with E-state index in [1.54, 1.807) is 6.07 Å². The molecule has 12 heavy (non-hydrogen) atoms. The van der Waals surface area contributed by atoms with Crippen molar-refractivity contribution in [3.05, 3.63) is 28.3 Å². The Labute approximate surface area is 78.0 Å². The Morgan fingerprint density at radius 2 is 1.92 bits per heavy atom. The van der Waals surface area contributed by atoms with Gasteiger partial charge in [0.1, 0.15) is 5.75 Å². The molecular weight excluding hydrogens is 172 g/mol. The summed E-state index contributed by atoms with van der Waals surface area (Å²) < 4.78 is 0. The van der Waals surface area contributed by atoms with Crippen LogP contribution in [0.25, 0.3) is 0 Å². The summed E-state index contributed by atoms with van der Waals surface area (Å²) in [5.74, 6) is 0.635. The predicted octanol–water partition coefficient (Wildman–Crippen LogP) is 3.48. The highest BCUT2D eigenvalue weighted by molar-refractivity contribution is 6.32. The Kier molecular flexibility index (Phi) is 2.63. The third-order valence-corrected chi connectivity index (χ3v) is 2.35. The molecule has 0 radical (unpaired) electrons. The van der Waals surface area contributed by atoms with E-state index in [4.69, 9.17) is 11.6 Å². The quantitative estimate of drug-likeness (QED) is 0.709. The molecular formula is C10H13ClO. The van der Waals surface area contributed by atoms with Crippen molar-refractivity contribution in [3.8, 4) is 5.75 Å². The van der Waals surface area contributed by atoms with Gasteiger partial charge in [-0.3, -0.25) is 0 Å². The minimum Gasteiger partial charge on any atom is -0.506 e. The van der Waals surface area contributed by atoms with E-state index in [9.17, 15) is 5.11 Å². The van der Waals surface area contributed by atoms with Gasteiger partial charge < -0.3 is 5.11 Å². The van der Waals surface area contributed by atoms with Crippen LogP contribution in [-0.2, 0) is 0 Å². The lowest BCUT2D eigenvalue weighted by atomic mass is 9.97. The second-order valence-corrected chi connectivity index (χ2v) is 3.67. The third-order valence-electron chi connectivity index (χ3n) is 2.05. The maximum absolute atomic E-state index is 9.50. The van der Waals surface area contributed by atoms with Gasteiger partial charge in [0.25, 0.3) is 0 Å². The average molecular weight is 185 g/mol. The van der Waals surface area contributed by atoms with Crippen molar-refractivity contribution in [2.24, 2.45) is 0 Å². The van der Waals surface area contributed by atoms with Crippen LogP contribution in [-0.4, -0.2) is 5.11 Å². The number of hydrogen-bond donors (Lipinski definition) is 1. The Morgan fingerprint density at radius 1 is 1.33 bits per heavy atom. The zero-order valence-corrected chi connectivity index (χ0v) is 8.31. The van der Waals surface area contributed by atoms with Crippen LogP contribution < -0.4 is 0 Å². The van der Waals surface area contributed by atoms with E-state index in [1.165, 1.54) is 0 Å². The molecule has 0 saturated carbocycles. The minimum absolute atomic E-state index is 0.211. The number of benzene rings is 1. The van der Waals surface area contributed by atoms with E-state index in [0.29, 0.717) is 10.9 Å². The first-order valence-corrected chi connectivity index (χ1v) is 4.39. The van der Waals surface area contributed by atoms with Crippen molar-refractivity contribution >= 4 is 11.6 Å². The number of phenols is 1. The zero-order chi connectivity index (χ0) is 9.30. The highest BCUT2D eigenvalue weighted by Crippen LogP contribution is 2.32. The van der Waals surface area contributed by atoms with Gasteiger partial charge in [0.15, 0.2) is 0 Å². The molecule has 2 heteroatoms. The van der Waals surface area contributed by atoms with E-state index in [2.05, 4.69) is 13.8 Å². The van der Waals surface area contributed by atoms with E-state index < -0.39 is 0 Å². The van der Waals surface area contributed by atoms with Crippen LogP contribution in [0.3, 0.4) is 0 Å². The van der Waals surface area contributed by atoms with Crippen LogP contribution in [0.15, 0.2) is 12.1 Å². The summed E-state index contributed by atoms with van der Waals surface area (Å²) in [7, 11) is 0. The van der Waals surface area contributed by atoms with Gasteiger partial charge in [0, 0.05) is 0 Å². The number of phenolic OH excluding ortho intramolecular Hbond substituents is 1. The fraction of sp³-hybridized carbons (Fsp3) is 0.400. The SMILES string of the molecule is Cc1c(C(C)C)ccc(Cl)c1O. The summed E-state index contributed by atoms with van der Waals surface area (Å²) in [4.78, 5) is 0. The number of hydrogen-bond acceptors (Lipinski definition) is 1. The number of rotatable bonds is 1. The molecule has 66 valence electrons. The molecule has 0 spiro atoms. The van der Waals surface area contributed by atoms with Crippen molar-refractivity contribution in [1.82, 2.24) is 0 Å². The third kappa shape index (κ3) is 1.56. The van der Waals surface area contributed by atoms with E-state index in [-0.39, 0.29) is 5.75 Å². The van der Waals surface area contributed by atoms with Crippen molar-refractivity contribution in [2.75, 3.05) is 0 Å². The Hall–Kier alpha value is -0.690. The first-order valence-electron chi connectivity index (χ1n) is 4.02. The van der Waals surface area contributed by atoms with Crippen molar-refractivity contribution < 1.29 is 5.11 Å². The normalized spacial score (nSPS) is 10.8. The first-order chi connectivity index (χ1) is 5.54. The molecule has 1 aromatic carbocycles. The lowest BCUT2D eigenvalue weighted by molar-refractivity contribution is 0.470. The standard InChI is InChI=1S/C10H13ClO/c1-6(2)8-4-5-9(11)10(12)7(8)3/h4-6,12H,1-3H3. The molecule has 0 bridgehead atoms. The summed E-state index contributed by atoms with van der Waals surface area (Å²) in [6, 6.07) is 3.70. The molecule has 0 aromatic heterocycles. The molecule has 0 aliphatic carbocycles. The van der Waals surface area contributed by atoms with Gasteiger partial charge in [-0.05, 0) is 30.0 Å². The number of aromatic hydroxyl groups is 1. The fourth-order valence-electron chi connectivity index (χ4n) is 1.31. The summed E-state index contributed by atoms with van der Waals surface area (Å²) >= 11 is 5.74.